The Balaban J connectivity index is 1.90. The molecule has 0 saturated carbocycles. The van der Waals surface area contributed by atoms with Gasteiger partial charge < -0.3 is 10.6 Å². The Labute approximate surface area is 116 Å². The van der Waals surface area contributed by atoms with E-state index in [2.05, 4.69) is 31.5 Å². The Morgan fingerprint density at radius 2 is 2.17 bits per heavy atom. The molecule has 1 saturated heterocycles. The molecule has 0 radical (unpaired) electrons. The highest BCUT2D eigenvalue weighted by Crippen LogP contribution is 2.19. The number of carbonyl (C=O) groups excluding carboxylic acids is 1. The second-order valence-corrected chi connectivity index (χ2v) is 5.45. The van der Waals surface area contributed by atoms with Crippen molar-refractivity contribution in [3.63, 3.8) is 0 Å². The predicted octanol–water partition coefficient (Wildman–Crippen LogP) is 1.60. The number of hydrogen-bond acceptors (Lipinski definition) is 3. The van der Waals surface area contributed by atoms with Crippen molar-refractivity contribution in [1.82, 2.24) is 10.2 Å². The van der Waals surface area contributed by atoms with Crippen LogP contribution in [0.2, 0.25) is 0 Å². The van der Waals surface area contributed by atoms with Crippen molar-refractivity contribution >= 4 is 27.5 Å². The number of carbonyl (C=O) groups is 1. The fourth-order valence-corrected chi connectivity index (χ4v) is 2.50. The van der Waals surface area contributed by atoms with Crippen molar-refractivity contribution in [2.45, 2.75) is 6.92 Å². The largest absolute Gasteiger partial charge is 0.325 e. The van der Waals surface area contributed by atoms with Gasteiger partial charge in [0, 0.05) is 36.3 Å². The molecule has 1 aromatic carbocycles. The summed E-state index contributed by atoms with van der Waals surface area (Å²) in [6, 6.07) is 5.86. The minimum absolute atomic E-state index is 0.0577. The van der Waals surface area contributed by atoms with Gasteiger partial charge in [-0.05, 0) is 30.7 Å². The highest BCUT2D eigenvalue weighted by Gasteiger charge is 2.13. The van der Waals surface area contributed by atoms with Crippen LogP contribution >= 0.6 is 15.9 Å². The van der Waals surface area contributed by atoms with Crippen molar-refractivity contribution in [3.8, 4) is 0 Å². The second kappa shape index (κ2) is 6.31. The van der Waals surface area contributed by atoms with Crippen LogP contribution in [-0.4, -0.2) is 43.5 Å². The van der Waals surface area contributed by atoms with Gasteiger partial charge in [-0.2, -0.15) is 0 Å². The minimum Gasteiger partial charge on any atom is -0.325 e. The zero-order valence-electron chi connectivity index (χ0n) is 10.5. The van der Waals surface area contributed by atoms with Crippen LogP contribution in [0.3, 0.4) is 0 Å². The predicted molar refractivity (Wildman–Crippen MR) is 76.8 cm³/mol. The Morgan fingerprint density at radius 3 is 2.83 bits per heavy atom. The van der Waals surface area contributed by atoms with E-state index < -0.39 is 0 Å². The lowest BCUT2D eigenvalue weighted by Gasteiger charge is -2.26. The van der Waals surface area contributed by atoms with E-state index in [1.54, 1.807) is 0 Å². The van der Waals surface area contributed by atoms with E-state index in [4.69, 9.17) is 0 Å². The van der Waals surface area contributed by atoms with Crippen LogP contribution in [-0.2, 0) is 4.79 Å². The minimum atomic E-state index is 0.0577. The number of anilines is 1. The maximum absolute atomic E-state index is 11.9. The van der Waals surface area contributed by atoms with Gasteiger partial charge in [-0.1, -0.05) is 15.9 Å². The molecule has 0 aromatic heterocycles. The van der Waals surface area contributed by atoms with Gasteiger partial charge in [-0.25, -0.2) is 0 Å². The van der Waals surface area contributed by atoms with Gasteiger partial charge >= 0.3 is 0 Å². The maximum Gasteiger partial charge on any atom is 0.238 e. The third-order valence-corrected chi connectivity index (χ3v) is 3.53. The molecule has 1 amide bonds. The molecule has 1 aliphatic heterocycles. The lowest BCUT2D eigenvalue weighted by molar-refractivity contribution is -0.117. The van der Waals surface area contributed by atoms with E-state index >= 15 is 0 Å². The maximum atomic E-state index is 11.9. The first kappa shape index (κ1) is 13.5. The third-order valence-electron chi connectivity index (χ3n) is 3.04. The first-order valence-electron chi connectivity index (χ1n) is 6.14. The van der Waals surface area contributed by atoms with Crippen LogP contribution in [0.4, 0.5) is 5.69 Å². The molecule has 0 atom stereocenters. The smallest absolute Gasteiger partial charge is 0.238 e. The molecule has 0 spiro atoms. The monoisotopic (exact) mass is 311 g/mol. The molecule has 98 valence electrons. The molecule has 1 heterocycles. The Bertz CT molecular complexity index is 430. The third kappa shape index (κ3) is 3.80. The summed E-state index contributed by atoms with van der Waals surface area (Å²) < 4.78 is 1.03. The van der Waals surface area contributed by atoms with E-state index in [9.17, 15) is 4.79 Å². The van der Waals surface area contributed by atoms with Crippen LogP contribution in [0.5, 0.6) is 0 Å². The number of rotatable bonds is 3. The standard InChI is InChI=1S/C13H18BrN3O/c1-10-8-11(14)2-3-12(10)16-13(18)9-17-6-4-15-5-7-17/h2-3,8,15H,4-7,9H2,1H3,(H,16,18). The summed E-state index contributed by atoms with van der Waals surface area (Å²) in [4.78, 5) is 14.1. The van der Waals surface area contributed by atoms with Gasteiger partial charge in [0.1, 0.15) is 0 Å². The molecule has 0 aliphatic carbocycles. The molecule has 4 nitrogen and oxygen atoms in total. The first-order valence-corrected chi connectivity index (χ1v) is 6.93. The molecule has 0 unspecified atom stereocenters. The molecular weight excluding hydrogens is 294 g/mol. The average molecular weight is 312 g/mol. The van der Waals surface area contributed by atoms with Crippen LogP contribution < -0.4 is 10.6 Å². The summed E-state index contributed by atoms with van der Waals surface area (Å²) in [5.41, 5.74) is 1.95. The van der Waals surface area contributed by atoms with Crippen molar-refractivity contribution in [2.24, 2.45) is 0 Å². The summed E-state index contributed by atoms with van der Waals surface area (Å²) in [6.45, 7) is 6.26. The van der Waals surface area contributed by atoms with Crippen LogP contribution in [0.25, 0.3) is 0 Å². The summed E-state index contributed by atoms with van der Waals surface area (Å²) in [5, 5.41) is 6.24. The molecule has 2 N–H and O–H groups in total. The van der Waals surface area contributed by atoms with Gasteiger partial charge in [0.2, 0.25) is 5.91 Å². The quantitative estimate of drug-likeness (QED) is 0.891. The normalized spacial score (nSPS) is 16.6. The van der Waals surface area contributed by atoms with E-state index in [1.807, 2.05) is 25.1 Å². The number of nitrogens with zero attached hydrogens (tertiary/aromatic N) is 1. The van der Waals surface area contributed by atoms with E-state index in [0.717, 1.165) is 41.9 Å². The van der Waals surface area contributed by atoms with E-state index in [-0.39, 0.29) is 5.91 Å². The lowest BCUT2D eigenvalue weighted by Crippen LogP contribution is -2.46. The van der Waals surface area contributed by atoms with E-state index in [1.165, 1.54) is 0 Å². The van der Waals surface area contributed by atoms with Gasteiger partial charge in [0.05, 0.1) is 6.54 Å². The zero-order valence-corrected chi connectivity index (χ0v) is 12.1. The molecule has 1 fully saturated rings. The SMILES string of the molecule is Cc1cc(Br)ccc1NC(=O)CN1CCNCC1. The Hall–Kier alpha value is -0.910. The molecule has 18 heavy (non-hydrogen) atoms. The number of hydrogen-bond donors (Lipinski definition) is 2. The first-order chi connectivity index (χ1) is 8.65. The summed E-state index contributed by atoms with van der Waals surface area (Å²) >= 11 is 3.41. The van der Waals surface area contributed by atoms with Crippen LogP contribution in [0.1, 0.15) is 5.56 Å². The van der Waals surface area contributed by atoms with Crippen molar-refractivity contribution < 1.29 is 4.79 Å². The van der Waals surface area contributed by atoms with Gasteiger partial charge in [-0.15, -0.1) is 0 Å². The summed E-state index contributed by atoms with van der Waals surface area (Å²) in [5.74, 6) is 0.0577. The molecule has 2 rings (SSSR count). The molecule has 1 aliphatic rings. The van der Waals surface area contributed by atoms with Gasteiger partial charge in [0.15, 0.2) is 0 Å². The Morgan fingerprint density at radius 1 is 1.44 bits per heavy atom. The lowest BCUT2D eigenvalue weighted by atomic mass is 10.2. The van der Waals surface area contributed by atoms with Crippen LogP contribution in [0, 0.1) is 6.92 Å². The average Bonchev–Trinajstić information content (AvgIpc) is 2.34. The van der Waals surface area contributed by atoms with E-state index in [0.29, 0.717) is 6.54 Å². The van der Waals surface area contributed by atoms with Crippen molar-refractivity contribution in [1.29, 1.82) is 0 Å². The number of piperazine rings is 1. The summed E-state index contributed by atoms with van der Waals surface area (Å²) in [7, 11) is 0. The molecular formula is C13H18BrN3O. The number of benzene rings is 1. The van der Waals surface area contributed by atoms with Crippen molar-refractivity contribution in [2.75, 3.05) is 38.0 Å². The highest BCUT2D eigenvalue weighted by molar-refractivity contribution is 9.10. The van der Waals surface area contributed by atoms with Crippen LogP contribution in [0.15, 0.2) is 22.7 Å². The zero-order chi connectivity index (χ0) is 13.0. The molecule has 5 heteroatoms. The summed E-state index contributed by atoms with van der Waals surface area (Å²) in [6.07, 6.45) is 0. The topological polar surface area (TPSA) is 44.4 Å². The Kier molecular flexibility index (Phi) is 4.74. The van der Waals surface area contributed by atoms with Crippen molar-refractivity contribution in [3.05, 3.63) is 28.2 Å². The number of aryl methyl sites for hydroxylation is 1. The second-order valence-electron chi connectivity index (χ2n) is 4.53. The fraction of sp³-hybridized carbons (Fsp3) is 0.462. The van der Waals surface area contributed by atoms with Gasteiger partial charge in [0.25, 0.3) is 0 Å². The van der Waals surface area contributed by atoms with Gasteiger partial charge in [-0.3, -0.25) is 9.69 Å². The number of nitrogens with one attached hydrogen (secondary N) is 2. The highest BCUT2D eigenvalue weighted by atomic mass is 79.9. The fourth-order valence-electron chi connectivity index (χ4n) is 2.03. The molecule has 1 aromatic rings. The number of halogens is 1. The number of amides is 1. The molecule has 0 bridgehead atoms.